The Kier molecular flexibility index (Phi) is 4.67. The number of methoxy groups -OCH3 is 1. The van der Waals surface area contributed by atoms with Crippen molar-refractivity contribution in [3.63, 3.8) is 0 Å². The molecule has 1 fully saturated rings. The molecule has 28 heavy (non-hydrogen) atoms. The molecule has 0 atom stereocenters. The molecule has 0 radical (unpaired) electrons. The Morgan fingerprint density at radius 2 is 2.04 bits per heavy atom. The summed E-state index contributed by atoms with van der Waals surface area (Å²) in [4.78, 5) is 17.6. The van der Waals surface area contributed by atoms with E-state index < -0.39 is 11.7 Å². The summed E-state index contributed by atoms with van der Waals surface area (Å²) >= 11 is 1.31. The average Bonchev–Trinajstić information content (AvgIpc) is 3.11. The summed E-state index contributed by atoms with van der Waals surface area (Å²) in [6.07, 6.45) is -0.641. The van der Waals surface area contributed by atoms with Gasteiger partial charge < -0.3 is 10.1 Å². The second kappa shape index (κ2) is 6.89. The minimum absolute atomic E-state index is 0.0415. The molecular weight excluding hydrogens is 391 g/mol. The van der Waals surface area contributed by atoms with Crippen LogP contribution in [0.4, 0.5) is 13.2 Å². The molecule has 1 aromatic carbocycles. The topological polar surface area (TPSA) is 55.6 Å². The van der Waals surface area contributed by atoms with Crippen LogP contribution in [0.2, 0.25) is 0 Å². The number of aromatic nitrogens is 2. The van der Waals surface area contributed by atoms with Gasteiger partial charge in [0.2, 0.25) is 0 Å². The summed E-state index contributed by atoms with van der Waals surface area (Å²) in [6.45, 7) is 1.17. The lowest BCUT2D eigenvalue weighted by molar-refractivity contribution is -0.137. The molecule has 1 saturated carbocycles. The number of carbonyl (C=O) groups excluding carboxylic acids is 1. The van der Waals surface area contributed by atoms with Gasteiger partial charge in [-0.1, -0.05) is 12.1 Å². The van der Waals surface area contributed by atoms with Gasteiger partial charge in [-0.05, 0) is 25.0 Å². The van der Waals surface area contributed by atoms with Gasteiger partial charge in [0.15, 0.2) is 4.96 Å². The summed E-state index contributed by atoms with van der Waals surface area (Å²) in [5.41, 5.74) is 0.876. The largest absolute Gasteiger partial charge is 0.416 e. The number of ether oxygens (including phenoxy) is 1. The van der Waals surface area contributed by atoms with Crippen LogP contribution in [0.3, 0.4) is 0 Å². The number of imidazole rings is 1. The van der Waals surface area contributed by atoms with E-state index in [4.69, 9.17) is 4.74 Å². The molecule has 1 amide bonds. The second-order valence-electron chi connectivity index (χ2n) is 7.09. The second-order valence-corrected chi connectivity index (χ2v) is 7.93. The normalized spacial score (nSPS) is 15.7. The lowest BCUT2D eigenvalue weighted by Gasteiger charge is -2.14. The number of alkyl halides is 3. The highest BCUT2D eigenvalue weighted by Crippen LogP contribution is 2.45. The van der Waals surface area contributed by atoms with Gasteiger partial charge >= 0.3 is 6.18 Å². The fraction of sp³-hybridized carbons (Fsp3) is 0.368. The van der Waals surface area contributed by atoms with Crippen molar-refractivity contribution in [3.05, 3.63) is 47.1 Å². The number of thiazole rings is 1. The van der Waals surface area contributed by atoms with Crippen LogP contribution in [0.15, 0.2) is 35.8 Å². The number of fused-ring (bicyclic) bond motifs is 1. The molecule has 3 aromatic rings. The molecule has 0 spiro atoms. The number of amides is 1. The van der Waals surface area contributed by atoms with Crippen LogP contribution in [0, 0.1) is 5.41 Å². The zero-order valence-electron chi connectivity index (χ0n) is 15.0. The highest BCUT2D eigenvalue weighted by Gasteiger charge is 2.42. The third-order valence-corrected chi connectivity index (χ3v) is 5.82. The van der Waals surface area contributed by atoms with Crippen molar-refractivity contribution >= 4 is 22.2 Å². The van der Waals surface area contributed by atoms with Crippen molar-refractivity contribution in [3.8, 4) is 11.3 Å². The maximum atomic E-state index is 12.7. The molecule has 0 aliphatic heterocycles. The van der Waals surface area contributed by atoms with Gasteiger partial charge in [0.05, 0.1) is 17.9 Å². The van der Waals surface area contributed by atoms with Crippen molar-refractivity contribution in [2.75, 3.05) is 20.3 Å². The minimum atomic E-state index is -4.37. The third-order valence-electron chi connectivity index (χ3n) is 4.98. The Morgan fingerprint density at radius 3 is 2.64 bits per heavy atom. The average molecular weight is 409 g/mol. The number of rotatable bonds is 6. The van der Waals surface area contributed by atoms with E-state index in [2.05, 4.69) is 10.3 Å². The first-order valence-electron chi connectivity index (χ1n) is 8.73. The van der Waals surface area contributed by atoms with Crippen LogP contribution in [-0.4, -0.2) is 35.6 Å². The first kappa shape index (κ1) is 18.9. The lowest BCUT2D eigenvalue weighted by Crippen LogP contribution is -2.32. The van der Waals surface area contributed by atoms with Gasteiger partial charge in [-0.3, -0.25) is 9.20 Å². The number of benzene rings is 1. The van der Waals surface area contributed by atoms with Crippen LogP contribution in [0.5, 0.6) is 0 Å². The molecule has 148 valence electrons. The fourth-order valence-corrected chi connectivity index (χ4v) is 3.98. The smallest absolute Gasteiger partial charge is 0.384 e. The number of hydrogen-bond donors (Lipinski definition) is 1. The Hall–Kier alpha value is -2.39. The van der Waals surface area contributed by atoms with Gasteiger partial charge in [0.25, 0.3) is 5.91 Å². The Balaban J connectivity index is 1.53. The number of nitrogens with zero attached hydrogens (tertiary/aromatic N) is 2. The van der Waals surface area contributed by atoms with E-state index in [1.807, 2.05) is 0 Å². The van der Waals surface area contributed by atoms with Crippen LogP contribution in [-0.2, 0) is 10.9 Å². The van der Waals surface area contributed by atoms with Crippen LogP contribution < -0.4 is 5.32 Å². The van der Waals surface area contributed by atoms with E-state index in [-0.39, 0.29) is 11.3 Å². The molecule has 0 saturated heterocycles. The van der Waals surface area contributed by atoms with E-state index >= 15 is 0 Å². The molecule has 2 aromatic heterocycles. The predicted octanol–water partition coefficient (Wildman–Crippen LogP) is 4.24. The van der Waals surface area contributed by atoms with E-state index in [9.17, 15) is 18.0 Å². The molecular formula is C19H18F3N3O2S. The third kappa shape index (κ3) is 3.64. The van der Waals surface area contributed by atoms with E-state index in [1.54, 1.807) is 23.1 Å². The Labute approximate surface area is 163 Å². The molecule has 4 rings (SSSR count). The lowest BCUT2D eigenvalue weighted by atomic mass is 10.1. The highest BCUT2D eigenvalue weighted by molar-refractivity contribution is 7.15. The molecule has 9 heteroatoms. The van der Waals surface area contributed by atoms with E-state index in [0.29, 0.717) is 35.1 Å². The van der Waals surface area contributed by atoms with Gasteiger partial charge in [0, 0.05) is 36.2 Å². The van der Waals surface area contributed by atoms with Crippen LogP contribution in [0.25, 0.3) is 16.2 Å². The van der Waals surface area contributed by atoms with E-state index in [0.717, 1.165) is 25.0 Å². The standard InChI is InChI=1S/C19H18F3N3O2S/c1-27-11-18(6-7-18)10-23-16(26)15-9-28-17-24-14(8-25(15)17)12-2-4-13(5-3-12)19(20,21)22/h2-5,8-9H,6-7,10-11H2,1H3,(H,23,26). The molecule has 0 unspecified atom stereocenters. The maximum absolute atomic E-state index is 12.7. The van der Waals surface area contributed by atoms with E-state index in [1.165, 1.54) is 23.5 Å². The molecule has 1 N–H and O–H groups in total. The van der Waals surface area contributed by atoms with Crippen molar-refractivity contribution in [2.24, 2.45) is 5.41 Å². The first-order valence-corrected chi connectivity index (χ1v) is 9.61. The molecule has 1 aliphatic carbocycles. The minimum Gasteiger partial charge on any atom is -0.384 e. The van der Waals surface area contributed by atoms with Gasteiger partial charge in [0.1, 0.15) is 5.69 Å². The first-order chi connectivity index (χ1) is 13.3. The number of hydrogen-bond acceptors (Lipinski definition) is 4. The zero-order valence-corrected chi connectivity index (χ0v) is 15.9. The van der Waals surface area contributed by atoms with Crippen molar-refractivity contribution in [1.29, 1.82) is 0 Å². The summed E-state index contributed by atoms with van der Waals surface area (Å²) in [5, 5.41) is 4.68. The van der Waals surface area contributed by atoms with Gasteiger partial charge in [-0.15, -0.1) is 11.3 Å². The summed E-state index contributed by atoms with van der Waals surface area (Å²) in [6, 6.07) is 4.83. The van der Waals surface area contributed by atoms with Crippen molar-refractivity contribution in [2.45, 2.75) is 19.0 Å². The monoisotopic (exact) mass is 409 g/mol. The summed E-state index contributed by atoms with van der Waals surface area (Å²) in [5.74, 6) is -0.204. The van der Waals surface area contributed by atoms with Crippen LogP contribution >= 0.6 is 11.3 Å². The molecule has 1 aliphatic rings. The maximum Gasteiger partial charge on any atom is 0.416 e. The SMILES string of the molecule is COCC1(CNC(=O)c2csc3nc(-c4ccc(C(F)(F)F)cc4)cn23)CC1. The predicted molar refractivity (Wildman–Crippen MR) is 99.4 cm³/mol. The highest BCUT2D eigenvalue weighted by atomic mass is 32.1. The summed E-state index contributed by atoms with van der Waals surface area (Å²) in [7, 11) is 1.65. The van der Waals surface area contributed by atoms with Crippen LogP contribution in [0.1, 0.15) is 28.9 Å². The molecule has 5 nitrogen and oxygen atoms in total. The quantitative estimate of drug-likeness (QED) is 0.663. The van der Waals surface area contributed by atoms with Crippen molar-refractivity contribution in [1.82, 2.24) is 14.7 Å². The molecule has 0 bridgehead atoms. The van der Waals surface area contributed by atoms with Gasteiger partial charge in [-0.2, -0.15) is 13.2 Å². The number of halogens is 3. The molecule has 2 heterocycles. The Bertz CT molecular complexity index is 1000. The summed E-state index contributed by atoms with van der Waals surface area (Å²) < 4.78 is 45.0. The number of carbonyl (C=O) groups is 1. The Morgan fingerprint density at radius 1 is 1.32 bits per heavy atom. The fourth-order valence-electron chi connectivity index (χ4n) is 3.13. The van der Waals surface area contributed by atoms with Gasteiger partial charge in [-0.25, -0.2) is 4.98 Å². The number of nitrogens with one attached hydrogen (secondary N) is 1. The zero-order chi connectivity index (χ0) is 19.9. The van der Waals surface area contributed by atoms with Crippen molar-refractivity contribution < 1.29 is 22.7 Å².